The van der Waals surface area contributed by atoms with Crippen LogP contribution in [-0.4, -0.2) is 23.9 Å². The van der Waals surface area contributed by atoms with E-state index >= 15 is 0 Å². The molecule has 1 heterocycles. The number of nitrogens with zero attached hydrogens (tertiary/aromatic N) is 3. The van der Waals surface area contributed by atoms with Crippen LogP contribution >= 0.6 is 0 Å². The maximum Gasteiger partial charge on any atom is 0.241 e. The van der Waals surface area contributed by atoms with Gasteiger partial charge in [0.15, 0.2) is 0 Å². The van der Waals surface area contributed by atoms with Crippen molar-refractivity contribution in [2.75, 3.05) is 4.90 Å². The number of aromatic nitrogens is 2. The average molecular weight is 583 g/mol. The summed E-state index contributed by atoms with van der Waals surface area (Å²) < 4.78 is 31.9. The number of anilines is 1. The highest BCUT2D eigenvalue weighted by Gasteiger charge is 2.46. The molecule has 0 spiro atoms. The summed E-state index contributed by atoms with van der Waals surface area (Å²) in [6.07, 6.45) is 5.95. The number of imidazole rings is 1. The largest absolute Gasteiger partial charge is 0.337 e. The molecular weight excluding hydrogens is 544 g/mol. The van der Waals surface area contributed by atoms with Gasteiger partial charge in [0.05, 0.1) is 11.4 Å². The standard InChI is InChI=1S/C34H38N4O3S/c1-23-9-8-12-26(19-23)42(40,41)36-31-15-16-34(2,3)30-14-13-25(20-29(30)31)38(22-32-35-17-18-37(32)4)33(39)28-21-27(28)24-10-6-5-7-11-24/h5-14,17-20,27-28,31,36H,15-16,21-22H2,1-4H3/t27-,28+,31+/m1/s1. The number of hydrogen-bond donors (Lipinski definition) is 1. The second-order valence-electron chi connectivity index (χ2n) is 12.4. The molecule has 2 aliphatic carbocycles. The molecule has 7 nitrogen and oxygen atoms in total. The maximum absolute atomic E-state index is 14.1. The molecule has 42 heavy (non-hydrogen) atoms. The van der Waals surface area contributed by atoms with E-state index in [2.05, 4.69) is 41.8 Å². The maximum atomic E-state index is 14.1. The number of nitrogens with one attached hydrogen (secondary N) is 1. The number of fused-ring (bicyclic) bond motifs is 1. The van der Waals surface area contributed by atoms with Crippen LogP contribution in [0.5, 0.6) is 0 Å². The lowest BCUT2D eigenvalue weighted by molar-refractivity contribution is -0.120. The number of aryl methyl sites for hydroxylation is 2. The summed E-state index contributed by atoms with van der Waals surface area (Å²) in [5, 5.41) is 0. The first kappa shape index (κ1) is 28.4. The second-order valence-corrected chi connectivity index (χ2v) is 14.1. The van der Waals surface area contributed by atoms with Gasteiger partial charge in [-0.05, 0) is 84.0 Å². The van der Waals surface area contributed by atoms with Gasteiger partial charge in [-0.3, -0.25) is 4.79 Å². The first-order valence-corrected chi connectivity index (χ1v) is 16.1. The van der Waals surface area contributed by atoms with Crippen LogP contribution in [-0.2, 0) is 33.8 Å². The lowest BCUT2D eigenvalue weighted by Crippen LogP contribution is -2.37. The van der Waals surface area contributed by atoms with Crippen molar-refractivity contribution < 1.29 is 13.2 Å². The lowest BCUT2D eigenvalue weighted by atomic mass is 9.71. The Morgan fingerprint density at radius 1 is 1.07 bits per heavy atom. The molecule has 6 rings (SSSR count). The van der Waals surface area contributed by atoms with Gasteiger partial charge in [0, 0.05) is 37.1 Å². The summed E-state index contributed by atoms with van der Waals surface area (Å²) >= 11 is 0. The fourth-order valence-corrected chi connectivity index (χ4v) is 7.66. The minimum atomic E-state index is -3.74. The lowest BCUT2D eigenvalue weighted by Gasteiger charge is -2.38. The summed E-state index contributed by atoms with van der Waals surface area (Å²) in [6.45, 7) is 6.62. The molecule has 2 aliphatic rings. The second kappa shape index (κ2) is 10.8. The number of sulfonamides is 1. The van der Waals surface area contributed by atoms with E-state index in [1.165, 1.54) is 5.56 Å². The van der Waals surface area contributed by atoms with Gasteiger partial charge in [-0.2, -0.15) is 0 Å². The van der Waals surface area contributed by atoms with Gasteiger partial charge in [-0.1, -0.05) is 62.4 Å². The van der Waals surface area contributed by atoms with Crippen molar-refractivity contribution in [2.24, 2.45) is 13.0 Å². The average Bonchev–Trinajstić information content (AvgIpc) is 3.68. The molecule has 3 aromatic carbocycles. The van der Waals surface area contributed by atoms with Crippen LogP contribution in [0.4, 0.5) is 5.69 Å². The summed E-state index contributed by atoms with van der Waals surface area (Å²) in [6, 6.07) is 22.9. The highest BCUT2D eigenvalue weighted by Crippen LogP contribution is 2.49. The Bertz CT molecular complexity index is 1730. The Balaban J connectivity index is 1.36. The van der Waals surface area contributed by atoms with Crippen molar-refractivity contribution in [1.82, 2.24) is 14.3 Å². The van der Waals surface area contributed by atoms with E-state index in [9.17, 15) is 13.2 Å². The number of rotatable bonds is 8. The van der Waals surface area contributed by atoms with E-state index in [4.69, 9.17) is 0 Å². The SMILES string of the molecule is Cc1cccc(S(=O)(=O)N[C@H]2CCC(C)(C)c3ccc(N(Cc4nccn4C)C(=O)[C@H]4C[C@@H]4c4ccccc4)cc32)c1. The number of carbonyl (C=O) groups excluding carboxylic acids is 1. The van der Waals surface area contributed by atoms with E-state index in [0.717, 1.165) is 41.0 Å². The van der Waals surface area contributed by atoms with Crippen LogP contribution in [0.1, 0.15) is 73.1 Å². The Morgan fingerprint density at radius 3 is 2.57 bits per heavy atom. The molecule has 0 unspecified atom stereocenters. The van der Waals surface area contributed by atoms with Gasteiger partial charge < -0.3 is 9.47 Å². The number of hydrogen-bond acceptors (Lipinski definition) is 4. The zero-order valence-electron chi connectivity index (χ0n) is 24.6. The van der Waals surface area contributed by atoms with Crippen LogP contribution in [0.15, 0.2) is 90.1 Å². The van der Waals surface area contributed by atoms with E-state index in [-0.39, 0.29) is 28.1 Å². The molecule has 8 heteroatoms. The fraction of sp³-hybridized carbons (Fsp3) is 0.353. The molecule has 1 fully saturated rings. The van der Waals surface area contributed by atoms with E-state index < -0.39 is 16.1 Å². The number of amides is 1. The van der Waals surface area contributed by atoms with Gasteiger partial charge in [0.25, 0.3) is 0 Å². The molecule has 1 aromatic heterocycles. The molecule has 0 saturated heterocycles. The Labute approximate surface area is 248 Å². The summed E-state index contributed by atoms with van der Waals surface area (Å²) in [5.41, 5.74) is 4.74. The Morgan fingerprint density at radius 2 is 1.86 bits per heavy atom. The summed E-state index contributed by atoms with van der Waals surface area (Å²) in [5.74, 6) is 0.956. The first-order chi connectivity index (χ1) is 20.0. The predicted molar refractivity (Wildman–Crippen MR) is 165 cm³/mol. The smallest absolute Gasteiger partial charge is 0.241 e. The molecule has 218 valence electrons. The molecule has 1 N–H and O–H groups in total. The van der Waals surface area contributed by atoms with Crippen molar-refractivity contribution in [3.05, 3.63) is 113 Å². The van der Waals surface area contributed by atoms with Crippen molar-refractivity contribution in [3.8, 4) is 0 Å². The van der Waals surface area contributed by atoms with Crippen molar-refractivity contribution in [2.45, 2.75) is 68.8 Å². The van der Waals surface area contributed by atoms with Crippen LogP contribution in [0.2, 0.25) is 0 Å². The topological polar surface area (TPSA) is 84.3 Å². The Hall–Kier alpha value is -3.75. The molecule has 1 saturated carbocycles. The van der Waals surface area contributed by atoms with Gasteiger partial charge in [-0.25, -0.2) is 18.1 Å². The molecule has 0 bridgehead atoms. The van der Waals surface area contributed by atoms with Crippen LogP contribution in [0.25, 0.3) is 0 Å². The molecule has 0 aliphatic heterocycles. The zero-order chi connectivity index (χ0) is 29.6. The van der Waals surface area contributed by atoms with E-state index in [1.807, 2.05) is 66.0 Å². The quantitative estimate of drug-likeness (QED) is 0.270. The monoisotopic (exact) mass is 582 g/mol. The third-order valence-electron chi connectivity index (χ3n) is 8.93. The first-order valence-electron chi connectivity index (χ1n) is 14.6. The van der Waals surface area contributed by atoms with Gasteiger partial charge >= 0.3 is 0 Å². The third kappa shape index (κ3) is 5.53. The van der Waals surface area contributed by atoms with Crippen molar-refractivity contribution in [1.29, 1.82) is 0 Å². The predicted octanol–water partition coefficient (Wildman–Crippen LogP) is 6.16. The highest BCUT2D eigenvalue weighted by atomic mass is 32.2. The normalized spacial score (nSPS) is 21.0. The Kier molecular flexibility index (Phi) is 7.31. The fourth-order valence-electron chi connectivity index (χ4n) is 6.30. The van der Waals surface area contributed by atoms with Crippen molar-refractivity contribution >= 4 is 21.6 Å². The van der Waals surface area contributed by atoms with E-state index in [0.29, 0.717) is 13.0 Å². The zero-order valence-corrected chi connectivity index (χ0v) is 25.4. The molecule has 4 aromatic rings. The van der Waals surface area contributed by atoms with Crippen LogP contribution < -0.4 is 9.62 Å². The van der Waals surface area contributed by atoms with Crippen LogP contribution in [0.3, 0.4) is 0 Å². The minimum Gasteiger partial charge on any atom is -0.337 e. The highest BCUT2D eigenvalue weighted by molar-refractivity contribution is 7.89. The molecule has 1 amide bonds. The van der Waals surface area contributed by atoms with Gasteiger partial charge in [0.1, 0.15) is 5.82 Å². The summed E-state index contributed by atoms with van der Waals surface area (Å²) in [7, 11) is -1.81. The summed E-state index contributed by atoms with van der Waals surface area (Å²) in [4.78, 5) is 20.7. The number of benzene rings is 3. The molecular formula is C34H38N4O3S. The minimum absolute atomic E-state index is 0.0683. The van der Waals surface area contributed by atoms with Gasteiger partial charge in [0.2, 0.25) is 15.9 Å². The third-order valence-corrected chi connectivity index (χ3v) is 10.4. The van der Waals surface area contributed by atoms with E-state index in [1.54, 1.807) is 24.4 Å². The number of carbonyl (C=O) groups is 1. The van der Waals surface area contributed by atoms with Gasteiger partial charge in [-0.15, -0.1) is 0 Å². The molecule has 0 radical (unpaired) electrons. The molecule has 3 atom stereocenters. The van der Waals surface area contributed by atoms with Crippen molar-refractivity contribution in [3.63, 3.8) is 0 Å². The van der Waals surface area contributed by atoms with Crippen LogP contribution in [0, 0.1) is 12.8 Å².